The highest BCUT2D eigenvalue weighted by atomic mass is 32.2. The second-order valence-electron chi connectivity index (χ2n) is 11.2. The molecule has 7 rings (SSSR count). The summed E-state index contributed by atoms with van der Waals surface area (Å²) in [6.45, 7) is 1.70. The number of nitrogens with zero attached hydrogens (tertiary/aromatic N) is 3. The van der Waals surface area contributed by atoms with Crippen molar-refractivity contribution < 1.29 is 33.0 Å². The van der Waals surface area contributed by atoms with E-state index in [9.17, 15) is 14.4 Å². The summed E-state index contributed by atoms with van der Waals surface area (Å²) in [5.41, 5.74) is 2.78. The highest BCUT2D eigenvalue weighted by Gasteiger charge is 2.40. The number of aliphatic imine (C=N–C) groups is 1. The first-order valence-corrected chi connectivity index (χ1v) is 16.3. The van der Waals surface area contributed by atoms with Crippen LogP contribution in [0.1, 0.15) is 35.0 Å². The number of furan rings is 1. The Bertz CT molecular complexity index is 1780. The lowest BCUT2D eigenvalue weighted by Gasteiger charge is -2.23. The summed E-state index contributed by atoms with van der Waals surface area (Å²) in [7, 11) is 0. The van der Waals surface area contributed by atoms with Crippen LogP contribution < -0.4 is 14.8 Å². The summed E-state index contributed by atoms with van der Waals surface area (Å²) in [4.78, 5) is 47.8. The number of benzene rings is 3. The van der Waals surface area contributed by atoms with Gasteiger partial charge in [0.1, 0.15) is 42.6 Å². The number of hydrogen-bond donors (Lipinski definition) is 1. The van der Waals surface area contributed by atoms with E-state index < -0.39 is 17.4 Å². The number of carbonyl (C=O) groups is 3. The van der Waals surface area contributed by atoms with Gasteiger partial charge in [0.25, 0.3) is 0 Å². The van der Waals surface area contributed by atoms with E-state index in [1.807, 2.05) is 66.7 Å². The molecule has 47 heavy (non-hydrogen) atoms. The first kappa shape index (κ1) is 30.4. The molecule has 0 aliphatic carbocycles. The van der Waals surface area contributed by atoms with E-state index in [0.717, 1.165) is 11.1 Å². The van der Waals surface area contributed by atoms with Gasteiger partial charge in [0, 0.05) is 12.2 Å². The lowest BCUT2D eigenvalue weighted by atomic mass is 10.1. The summed E-state index contributed by atoms with van der Waals surface area (Å²) in [5, 5.41) is 2.88. The Hall–Kier alpha value is -5.23. The largest absolute Gasteiger partial charge is 0.486 e. The molecule has 3 aromatic carbocycles. The monoisotopic (exact) mass is 652 g/mol. The zero-order valence-electron chi connectivity index (χ0n) is 25.4. The Balaban J connectivity index is 1.04. The molecule has 1 N–H and O–H groups in total. The van der Waals surface area contributed by atoms with Crippen LogP contribution in [-0.4, -0.2) is 58.7 Å². The van der Waals surface area contributed by atoms with Gasteiger partial charge in [-0.1, -0.05) is 60.3 Å². The van der Waals surface area contributed by atoms with E-state index in [1.54, 1.807) is 29.4 Å². The normalized spacial score (nSPS) is 19.7. The maximum Gasteiger partial charge on any atom is 0.410 e. The topological polar surface area (TPSA) is 123 Å². The molecule has 2 saturated heterocycles. The van der Waals surface area contributed by atoms with E-state index in [1.165, 1.54) is 16.7 Å². The third-order valence-electron chi connectivity index (χ3n) is 8.08. The number of likely N-dealkylation sites (tertiary alicyclic amines) is 1. The maximum atomic E-state index is 13.8. The molecular formula is C35H32N4O7S. The number of fused-ring (bicyclic) bond motifs is 1. The molecule has 240 valence electrons. The second kappa shape index (κ2) is 13.6. The molecule has 2 fully saturated rings. The van der Waals surface area contributed by atoms with Crippen molar-refractivity contribution in [3.63, 3.8) is 0 Å². The molecule has 4 aromatic rings. The summed E-state index contributed by atoms with van der Waals surface area (Å²) < 4.78 is 22.6. The van der Waals surface area contributed by atoms with Gasteiger partial charge in [-0.2, -0.15) is 0 Å². The molecule has 0 radical (unpaired) electrons. The molecule has 2 atom stereocenters. The summed E-state index contributed by atoms with van der Waals surface area (Å²) in [6, 6.07) is 25.1. The van der Waals surface area contributed by atoms with Crippen molar-refractivity contribution in [1.82, 2.24) is 9.80 Å². The minimum absolute atomic E-state index is 0.139. The van der Waals surface area contributed by atoms with Gasteiger partial charge < -0.3 is 23.9 Å². The number of amides is 3. The predicted molar refractivity (Wildman–Crippen MR) is 176 cm³/mol. The van der Waals surface area contributed by atoms with Crippen molar-refractivity contribution in [2.75, 3.05) is 25.1 Å². The number of carbonyl (C=O) groups excluding carboxylic acids is 3. The van der Waals surface area contributed by atoms with Gasteiger partial charge >= 0.3 is 6.09 Å². The van der Waals surface area contributed by atoms with Gasteiger partial charge in [0.2, 0.25) is 11.8 Å². The second-order valence-corrected chi connectivity index (χ2v) is 12.3. The van der Waals surface area contributed by atoms with Gasteiger partial charge in [-0.05, 0) is 60.4 Å². The van der Waals surface area contributed by atoms with Crippen LogP contribution in [0.4, 0.5) is 16.2 Å². The third kappa shape index (κ3) is 6.68. The van der Waals surface area contributed by atoms with Crippen molar-refractivity contribution in [1.29, 1.82) is 0 Å². The van der Waals surface area contributed by atoms with E-state index >= 15 is 0 Å². The van der Waals surface area contributed by atoms with Crippen LogP contribution in [0.15, 0.2) is 101 Å². The lowest BCUT2D eigenvalue weighted by molar-refractivity contribution is -0.126. The molecule has 11 nitrogen and oxygen atoms in total. The molecule has 0 saturated carbocycles. The number of ether oxygens (including phenoxy) is 3. The van der Waals surface area contributed by atoms with Crippen LogP contribution in [0.3, 0.4) is 0 Å². The van der Waals surface area contributed by atoms with Crippen LogP contribution in [-0.2, 0) is 27.5 Å². The maximum absolute atomic E-state index is 13.8. The average molecular weight is 653 g/mol. The average Bonchev–Trinajstić information content (AvgIpc) is 3.87. The SMILES string of the molecule is O=C(Nc1ccc(C2SC(=Nc3cccc4c3OCCO4)N(Cc3ccco3)C2=O)cc1)[C@@H]1CCCN1C(=O)OCc1ccccc1. The smallest absolute Gasteiger partial charge is 0.410 e. The molecule has 3 amide bonds. The van der Waals surface area contributed by atoms with Crippen molar-refractivity contribution in [2.24, 2.45) is 4.99 Å². The molecule has 3 aliphatic rings. The summed E-state index contributed by atoms with van der Waals surface area (Å²) >= 11 is 1.34. The van der Waals surface area contributed by atoms with E-state index in [-0.39, 0.29) is 25.0 Å². The molecule has 12 heteroatoms. The molecule has 3 aliphatic heterocycles. The van der Waals surface area contributed by atoms with E-state index in [0.29, 0.717) is 66.4 Å². The Labute approximate surface area is 275 Å². The zero-order chi connectivity index (χ0) is 32.2. The summed E-state index contributed by atoms with van der Waals surface area (Å²) in [5.74, 6) is 1.37. The lowest BCUT2D eigenvalue weighted by Crippen LogP contribution is -2.43. The van der Waals surface area contributed by atoms with E-state index in [4.69, 9.17) is 23.6 Å². The van der Waals surface area contributed by atoms with Gasteiger partial charge in [0.05, 0.1) is 12.8 Å². The Kier molecular flexibility index (Phi) is 8.83. The summed E-state index contributed by atoms with van der Waals surface area (Å²) in [6.07, 6.45) is 2.32. The Morgan fingerprint density at radius 3 is 2.60 bits per heavy atom. The number of nitrogens with one attached hydrogen (secondary N) is 1. The van der Waals surface area contributed by atoms with Crippen molar-refractivity contribution in [2.45, 2.75) is 37.3 Å². The number of rotatable bonds is 8. The fourth-order valence-corrected chi connectivity index (χ4v) is 6.90. The van der Waals surface area contributed by atoms with Crippen LogP contribution in [0, 0.1) is 0 Å². The van der Waals surface area contributed by atoms with Crippen LogP contribution in [0.2, 0.25) is 0 Å². The van der Waals surface area contributed by atoms with Crippen molar-refractivity contribution >= 4 is 46.2 Å². The van der Waals surface area contributed by atoms with Gasteiger partial charge in [-0.25, -0.2) is 9.79 Å². The van der Waals surface area contributed by atoms with Gasteiger partial charge in [0.15, 0.2) is 16.7 Å². The zero-order valence-corrected chi connectivity index (χ0v) is 26.2. The van der Waals surface area contributed by atoms with Gasteiger partial charge in [-0.15, -0.1) is 0 Å². The Morgan fingerprint density at radius 2 is 1.79 bits per heavy atom. The number of thioether (sulfide) groups is 1. The minimum atomic E-state index is -0.628. The predicted octanol–water partition coefficient (Wildman–Crippen LogP) is 6.29. The minimum Gasteiger partial charge on any atom is -0.486 e. The molecule has 0 bridgehead atoms. The molecule has 0 spiro atoms. The molecule has 1 aromatic heterocycles. The highest BCUT2D eigenvalue weighted by Crippen LogP contribution is 2.44. The van der Waals surface area contributed by atoms with Crippen LogP contribution in [0.25, 0.3) is 0 Å². The molecule has 1 unspecified atom stereocenters. The quantitative estimate of drug-likeness (QED) is 0.236. The third-order valence-corrected chi connectivity index (χ3v) is 9.31. The fraction of sp³-hybridized carbons (Fsp3) is 0.257. The first-order chi connectivity index (χ1) is 23.0. The molecule has 4 heterocycles. The van der Waals surface area contributed by atoms with Crippen LogP contribution in [0.5, 0.6) is 11.5 Å². The molecular weight excluding hydrogens is 620 g/mol. The number of anilines is 1. The highest BCUT2D eigenvalue weighted by molar-refractivity contribution is 8.15. The van der Waals surface area contributed by atoms with Crippen molar-refractivity contribution in [3.05, 3.63) is 108 Å². The fourth-order valence-electron chi connectivity index (χ4n) is 5.73. The van der Waals surface area contributed by atoms with Gasteiger partial charge in [-0.3, -0.25) is 19.4 Å². The number of amidine groups is 1. The van der Waals surface area contributed by atoms with Crippen LogP contribution >= 0.6 is 11.8 Å². The number of hydrogen-bond acceptors (Lipinski definition) is 9. The Morgan fingerprint density at radius 1 is 0.957 bits per heavy atom. The van der Waals surface area contributed by atoms with Crippen molar-refractivity contribution in [3.8, 4) is 11.5 Å². The first-order valence-electron chi connectivity index (χ1n) is 15.4. The number of para-hydroxylation sites is 1. The standard InChI is InChI=1S/C35H32N4O7S/c40-32(28-11-5-17-38(28)35(42)46-22-23-7-2-1-3-8-23)36-25-15-13-24(14-16-25)31-33(41)39(21-26-9-6-18-43-26)34(47-31)37-27-10-4-12-29-30(27)45-20-19-44-29/h1-4,6-10,12-16,18,28,31H,5,11,17,19-22H2,(H,36,40)/t28-,31?/m0/s1. The van der Waals surface area contributed by atoms with E-state index in [2.05, 4.69) is 5.32 Å².